The molecule has 3 nitrogen and oxygen atoms in total. The maximum atomic E-state index is 5.52. The van der Waals surface area contributed by atoms with Gasteiger partial charge in [0.15, 0.2) is 0 Å². The van der Waals surface area contributed by atoms with Gasteiger partial charge in [-0.1, -0.05) is 6.92 Å². The molecule has 0 spiro atoms. The molecule has 1 fully saturated rings. The van der Waals surface area contributed by atoms with Crippen LogP contribution in [0.2, 0.25) is 0 Å². The van der Waals surface area contributed by atoms with Crippen LogP contribution in [0.1, 0.15) is 37.7 Å². The van der Waals surface area contributed by atoms with E-state index in [-0.39, 0.29) is 0 Å². The van der Waals surface area contributed by atoms with E-state index in [1.165, 1.54) is 37.9 Å². The molecule has 1 heterocycles. The summed E-state index contributed by atoms with van der Waals surface area (Å²) in [6.07, 6.45) is 3.73. The number of nitrogens with zero attached hydrogens (tertiary/aromatic N) is 1. The van der Waals surface area contributed by atoms with E-state index < -0.39 is 0 Å². The Kier molecular flexibility index (Phi) is 5.08. The van der Waals surface area contributed by atoms with Crippen LogP contribution in [-0.2, 0) is 0 Å². The first kappa shape index (κ1) is 14.2. The largest absolute Gasteiger partial charge is 0.497 e. The van der Waals surface area contributed by atoms with Gasteiger partial charge in [0.05, 0.1) is 14.2 Å². The van der Waals surface area contributed by atoms with Gasteiger partial charge >= 0.3 is 0 Å². The molecule has 3 heteroatoms. The fourth-order valence-electron chi connectivity index (χ4n) is 2.99. The van der Waals surface area contributed by atoms with E-state index in [2.05, 4.69) is 17.9 Å². The molecule has 0 bridgehead atoms. The van der Waals surface area contributed by atoms with Crippen LogP contribution in [0.5, 0.6) is 11.5 Å². The number of rotatable bonds is 5. The molecule has 0 aromatic heterocycles. The Morgan fingerprint density at radius 1 is 1.26 bits per heavy atom. The van der Waals surface area contributed by atoms with Crippen LogP contribution in [0.4, 0.5) is 0 Å². The summed E-state index contributed by atoms with van der Waals surface area (Å²) in [6, 6.07) is 6.13. The lowest BCUT2D eigenvalue weighted by molar-refractivity contribution is 0.206. The molecule has 1 saturated heterocycles. The lowest BCUT2D eigenvalue weighted by Gasteiger charge is -2.33. The van der Waals surface area contributed by atoms with E-state index in [0.29, 0.717) is 5.92 Å². The molecule has 1 atom stereocenters. The van der Waals surface area contributed by atoms with E-state index in [0.717, 1.165) is 18.0 Å². The summed E-state index contributed by atoms with van der Waals surface area (Å²) in [6.45, 7) is 5.81. The fraction of sp³-hybridized carbons (Fsp3) is 0.625. The van der Waals surface area contributed by atoms with Crippen LogP contribution in [0.3, 0.4) is 0 Å². The summed E-state index contributed by atoms with van der Waals surface area (Å²) in [5, 5.41) is 0. The molecule has 0 N–H and O–H groups in total. The number of piperidine rings is 1. The first-order chi connectivity index (χ1) is 9.28. The fourth-order valence-corrected chi connectivity index (χ4v) is 2.99. The van der Waals surface area contributed by atoms with Gasteiger partial charge in [-0.2, -0.15) is 0 Å². The van der Waals surface area contributed by atoms with Crippen LogP contribution >= 0.6 is 0 Å². The monoisotopic (exact) mass is 263 g/mol. The predicted octanol–water partition coefficient (Wildman–Crippen LogP) is 3.29. The van der Waals surface area contributed by atoms with Gasteiger partial charge in [0.25, 0.3) is 0 Å². The molecule has 1 aromatic carbocycles. The number of methoxy groups -OCH3 is 2. The van der Waals surface area contributed by atoms with E-state index in [1.807, 2.05) is 12.1 Å². The third-order valence-corrected chi connectivity index (χ3v) is 3.92. The lowest BCUT2D eigenvalue weighted by atomic mass is 9.89. The van der Waals surface area contributed by atoms with Gasteiger partial charge in [-0.15, -0.1) is 0 Å². The highest BCUT2D eigenvalue weighted by atomic mass is 16.5. The van der Waals surface area contributed by atoms with Crippen molar-refractivity contribution in [3.8, 4) is 11.5 Å². The number of hydrogen-bond acceptors (Lipinski definition) is 3. The number of ether oxygens (including phenoxy) is 2. The van der Waals surface area contributed by atoms with Crippen molar-refractivity contribution < 1.29 is 9.47 Å². The van der Waals surface area contributed by atoms with Crippen molar-refractivity contribution in [2.24, 2.45) is 0 Å². The summed E-state index contributed by atoms with van der Waals surface area (Å²) in [4.78, 5) is 2.56. The van der Waals surface area contributed by atoms with Gasteiger partial charge in [-0.3, -0.25) is 0 Å². The van der Waals surface area contributed by atoms with Gasteiger partial charge in [0, 0.05) is 18.0 Å². The summed E-state index contributed by atoms with van der Waals surface area (Å²) in [5.74, 6) is 2.47. The van der Waals surface area contributed by atoms with Crippen molar-refractivity contribution in [3.63, 3.8) is 0 Å². The Morgan fingerprint density at radius 2 is 2.11 bits per heavy atom. The molecule has 1 aromatic rings. The Hall–Kier alpha value is -1.22. The second-order valence-electron chi connectivity index (χ2n) is 5.25. The van der Waals surface area contributed by atoms with Gasteiger partial charge in [-0.25, -0.2) is 0 Å². The maximum absolute atomic E-state index is 5.52. The highest BCUT2D eigenvalue weighted by molar-refractivity contribution is 5.42. The molecule has 0 radical (unpaired) electrons. The molecule has 2 rings (SSSR count). The number of likely N-dealkylation sites (tertiary alicyclic amines) is 1. The smallest absolute Gasteiger partial charge is 0.122 e. The number of benzene rings is 1. The molecule has 0 amide bonds. The summed E-state index contributed by atoms with van der Waals surface area (Å²) < 4.78 is 10.9. The van der Waals surface area contributed by atoms with Crippen molar-refractivity contribution in [1.29, 1.82) is 0 Å². The summed E-state index contributed by atoms with van der Waals surface area (Å²) in [5.41, 5.74) is 1.29. The van der Waals surface area contributed by atoms with Crippen molar-refractivity contribution in [2.45, 2.75) is 32.1 Å². The molecule has 106 valence electrons. The topological polar surface area (TPSA) is 21.7 Å². The molecule has 0 saturated carbocycles. The lowest BCUT2D eigenvalue weighted by Crippen LogP contribution is -2.34. The van der Waals surface area contributed by atoms with Gasteiger partial charge in [0.2, 0.25) is 0 Å². The van der Waals surface area contributed by atoms with Crippen LogP contribution in [-0.4, -0.2) is 38.8 Å². The number of hydrogen-bond donors (Lipinski definition) is 0. The minimum absolute atomic E-state index is 0.561. The van der Waals surface area contributed by atoms with Crippen LogP contribution in [0.15, 0.2) is 18.2 Å². The zero-order valence-electron chi connectivity index (χ0n) is 12.3. The van der Waals surface area contributed by atoms with E-state index >= 15 is 0 Å². The summed E-state index contributed by atoms with van der Waals surface area (Å²) in [7, 11) is 3.47. The Labute approximate surface area is 116 Å². The van der Waals surface area contributed by atoms with Crippen molar-refractivity contribution in [2.75, 3.05) is 33.9 Å². The van der Waals surface area contributed by atoms with Crippen molar-refractivity contribution in [1.82, 2.24) is 4.90 Å². The van der Waals surface area contributed by atoms with Crippen LogP contribution < -0.4 is 9.47 Å². The quantitative estimate of drug-likeness (QED) is 0.813. The predicted molar refractivity (Wildman–Crippen MR) is 78.3 cm³/mol. The second-order valence-corrected chi connectivity index (χ2v) is 5.25. The molecular weight excluding hydrogens is 238 g/mol. The molecule has 1 aliphatic heterocycles. The second kappa shape index (κ2) is 6.80. The molecule has 0 aliphatic carbocycles. The van der Waals surface area contributed by atoms with Crippen LogP contribution in [0.25, 0.3) is 0 Å². The SMILES string of the molecule is CCCN1CCC[C@@H](c2cc(OC)ccc2OC)C1. The Bertz CT molecular complexity index is 404. The minimum atomic E-state index is 0.561. The highest BCUT2D eigenvalue weighted by Crippen LogP contribution is 2.35. The van der Waals surface area contributed by atoms with Gasteiger partial charge in [0.1, 0.15) is 11.5 Å². The molecule has 1 aliphatic rings. The summed E-state index contributed by atoms with van der Waals surface area (Å²) >= 11 is 0. The van der Waals surface area contributed by atoms with E-state index in [9.17, 15) is 0 Å². The average Bonchev–Trinajstić information content (AvgIpc) is 2.47. The molecular formula is C16H25NO2. The molecule has 0 unspecified atom stereocenters. The maximum Gasteiger partial charge on any atom is 0.122 e. The first-order valence-corrected chi connectivity index (χ1v) is 7.22. The standard InChI is InChI=1S/C16H25NO2/c1-4-9-17-10-5-6-13(12-17)15-11-14(18-2)7-8-16(15)19-3/h7-8,11,13H,4-6,9-10,12H2,1-3H3/t13-/m1/s1. The minimum Gasteiger partial charge on any atom is -0.497 e. The first-order valence-electron chi connectivity index (χ1n) is 7.22. The highest BCUT2D eigenvalue weighted by Gasteiger charge is 2.23. The van der Waals surface area contributed by atoms with E-state index in [4.69, 9.17) is 9.47 Å². The van der Waals surface area contributed by atoms with E-state index in [1.54, 1.807) is 14.2 Å². The van der Waals surface area contributed by atoms with Crippen LogP contribution in [0, 0.1) is 0 Å². The third kappa shape index (κ3) is 3.41. The average molecular weight is 263 g/mol. The Morgan fingerprint density at radius 3 is 2.79 bits per heavy atom. The third-order valence-electron chi connectivity index (χ3n) is 3.92. The van der Waals surface area contributed by atoms with Gasteiger partial charge < -0.3 is 14.4 Å². The Balaban J connectivity index is 2.19. The zero-order chi connectivity index (χ0) is 13.7. The van der Waals surface area contributed by atoms with Gasteiger partial charge in [-0.05, 0) is 50.6 Å². The van der Waals surface area contributed by atoms with Crippen molar-refractivity contribution in [3.05, 3.63) is 23.8 Å². The normalized spacial score (nSPS) is 20.3. The zero-order valence-corrected chi connectivity index (χ0v) is 12.3. The molecule has 19 heavy (non-hydrogen) atoms. The van der Waals surface area contributed by atoms with Crippen molar-refractivity contribution >= 4 is 0 Å².